The number of aryl methyl sites for hydroxylation is 5. The lowest BCUT2D eigenvalue weighted by atomic mass is 9.97. The lowest BCUT2D eigenvalue weighted by Gasteiger charge is -2.14. The molecule has 0 unspecified atom stereocenters. The lowest BCUT2D eigenvalue weighted by Crippen LogP contribution is -1.95. The number of hydrogen-bond acceptors (Lipinski definition) is 10. The number of nitrogens with one attached hydrogen (secondary N) is 2. The Morgan fingerprint density at radius 2 is 0.887 bits per heavy atom. The standard InChI is InChI=1S/C21H21N3O3.C20H19N3O3/c1-10-6-13(7-11(2)20(10)25)19-15-9-17(27-5)16(26-4)8-14(15)18-12(3)23-24-21(18)22-19;1-10-7-12(5-6-15(10)24)19-14-9-17(26-4)16(25-3)8-13(14)18-11(2)22-23-20(18)21-19/h6-9,25H,1-5H3,(H,22,23,24);5-9,24H,1-4H3,(H,21,22,23). The number of rotatable bonds is 6. The summed E-state index contributed by atoms with van der Waals surface area (Å²) in [4.78, 5) is 9.59. The molecule has 12 heteroatoms. The van der Waals surface area contributed by atoms with Crippen molar-refractivity contribution in [2.45, 2.75) is 34.6 Å². The SMILES string of the molecule is COc1cc2c(-c3cc(C)c(O)c(C)c3)nc3n[nH]c(C)c3c2cc1OC.COc1cc2c(-c3ccc(O)c(C)c3)nc3n[nH]c(C)c3c2cc1OC. The van der Waals surface area contributed by atoms with Gasteiger partial charge in [-0.3, -0.25) is 10.2 Å². The minimum absolute atomic E-state index is 0.258. The Morgan fingerprint density at radius 3 is 1.30 bits per heavy atom. The van der Waals surface area contributed by atoms with Gasteiger partial charge in [0, 0.05) is 54.8 Å². The van der Waals surface area contributed by atoms with Gasteiger partial charge in [0.25, 0.3) is 0 Å². The van der Waals surface area contributed by atoms with Gasteiger partial charge in [0.05, 0.1) is 39.8 Å². The van der Waals surface area contributed by atoms with Gasteiger partial charge in [0.2, 0.25) is 0 Å². The highest BCUT2D eigenvalue weighted by Gasteiger charge is 2.20. The summed E-state index contributed by atoms with van der Waals surface area (Å²) in [6.45, 7) is 9.57. The maximum absolute atomic E-state index is 10.1. The van der Waals surface area contributed by atoms with Crippen molar-refractivity contribution in [1.82, 2.24) is 30.4 Å². The van der Waals surface area contributed by atoms with Gasteiger partial charge in [-0.25, -0.2) is 9.97 Å². The van der Waals surface area contributed by atoms with Gasteiger partial charge in [-0.1, -0.05) is 0 Å². The fourth-order valence-corrected chi connectivity index (χ4v) is 6.87. The Bertz CT molecular complexity index is 2690. The largest absolute Gasteiger partial charge is 0.508 e. The number of ether oxygens (including phenoxy) is 4. The molecule has 0 fully saturated rings. The van der Waals surface area contributed by atoms with Crippen molar-refractivity contribution in [3.05, 3.63) is 82.7 Å². The molecule has 0 aliphatic rings. The third kappa shape index (κ3) is 5.91. The van der Waals surface area contributed by atoms with Gasteiger partial charge >= 0.3 is 0 Å². The molecule has 53 heavy (non-hydrogen) atoms. The van der Waals surface area contributed by atoms with Gasteiger partial charge in [-0.15, -0.1) is 0 Å². The summed E-state index contributed by atoms with van der Waals surface area (Å²) in [5.41, 5.74) is 8.96. The zero-order valence-corrected chi connectivity index (χ0v) is 31.0. The first kappa shape index (κ1) is 34.9. The van der Waals surface area contributed by atoms with Gasteiger partial charge in [-0.05, 0) is 106 Å². The van der Waals surface area contributed by atoms with Crippen molar-refractivity contribution in [1.29, 1.82) is 0 Å². The molecule has 12 nitrogen and oxygen atoms in total. The van der Waals surface area contributed by atoms with E-state index in [1.54, 1.807) is 34.5 Å². The van der Waals surface area contributed by atoms with Gasteiger partial charge in [-0.2, -0.15) is 10.2 Å². The molecular formula is C41H40N6O6. The van der Waals surface area contributed by atoms with E-state index in [1.165, 1.54) is 0 Å². The predicted molar refractivity (Wildman–Crippen MR) is 207 cm³/mol. The Morgan fingerprint density at radius 1 is 0.491 bits per heavy atom. The molecule has 4 heterocycles. The number of phenolic OH excluding ortho intramolecular Hbond substituents is 2. The third-order valence-electron chi connectivity index (χ3n) is 9.62. The van der Waals surface area contributed by atoms with E-state index in [4.69, 9.17) is 28.9 Å². The maximum Gasteiger partial charge on any atom is 0.182 e. The number of nitrogens with zero attached hydrogens (tertiary/aromatic N) is 4. The van der Waals surface area contributed by atoms with Crippen LogP contribution in [-0.2, 0) is 0 Å². The van der Waals surface area contributed by atoms with Crippen LogP contribution in [0.25, 0.3) is 66.1 Å². The summed E-state index contributed by atoms with van der Waals surface area (Å²) in [5.74, 6) is 3.15. The number of pyridine rings is 2. The van der Waals surface area contributed by atoms with Crippen LogP contribution in [0, 0.1) is 34.6 Å². The number of benzene rings is 4. The topological polar surface area (TPSA) is 161 Å². The molecule has 4 aromatic heterocycles. The summed E-state index contributed by atoms with van der Waals surface area (Å²) in [6.07, 6.45) is 0. The number of H-pyrrole nitrogens is 2. The molecule has 0 aliphatic heterocycles. The average molecular weight is 713 g/mol. The van der Waals surface area contributed by atoms with Gasteiger partial charge in [0.15, 0.2) is 34.3 Å². The van der Waals surface area contributed by atoms with Crippen LogP contribution in [0.1, 0.15) is 28.1 Å². The van der Waals surface area contributed by atoms with Crippen molar-refractivity contribution >= 4 is 43.6 Å². The number of phenols is 2. The van der Waals surface area contributed by atoms with E-state index >= 15 is 0 Å². The molecule has 0 atom stereocenters. The predicted octanol–water partition coefficient (Wildman–Crippen LogP) is 8.54. The normalized spacial score (nSPS) is 11.3. The zero-order chi connectivity index (χ0) is 37.7. The van der Waals surface area contributed by atoms with Crippen LogP contribution >= 0.6 is 0 Å². The monoisotopic (exact) mass is 712 g/mol. The third-order valence-corrected chi connectivity index (χ3v) is 9.62. The zero-order valence-electron chi connectivity index (χ0n) is 31.0. The van der Waals surface area contributed by atoms with Crippen LogP contribution in [0.15, 0.2) is 54.6 Å². The first-order valence-corrected chi connectivity index (χ1v) is 16.9. The Balaban J connectivity index is 0.000000164. The van der Waals surface area contributed by atoms with E-state index in [2.05, 4.69) is 20.4 Å². The molecule has 0 radical (unpaired) electrons. The number of fused-ring (bicyclic) bond motifs is 6. The van der Waals surface area contributed by atoms with E-state index in [-0.39, 0.29) is 5.75 Å². The van der Waals surface area contributed by atoms with Crippen molar-refractivity contribution in [3.8, 4) is 57.0 Å². The Hall–Kier alpha value is -6.56. The molecule has 0 spiro atoms. The highest BCUT2D eigenvalue weighted by atomic mass is 16.5. The molecule has 0 amide bonds. The summed E-state index contributed by atoms with van der Waals surface area (Å²) in [7, 11) is 6.48. The van der Waals surface area contributed by atoms with E-state index in [1.807, 2.05) is 83.1 Å². The first-order chi connectivity index (χ1) is 25.5. The van der Waals surface area contributed by atoms with Crippen LogP contribution in [-0.4, -0.2) is 69.0 Å². The Kier molecular flexibility index (Phi) is 8.90. The van der Waals surface area contributed by atoms with Crippen LogP contribution in [0.5, 0.6) is 34.5 Å². The molecule has 8 rings (SSSR count). The van der Waals surface area contributed by atoms with Gasteiger partial charge < -0.3 is 29.2 Å². The van der Waals surface area contributed by atoms with E-state index in [0.29, 0.717) is 40.0 Å². The molecule has 270 valence electrons. The van der Waals surface area contributed by atoms with Crippen molar-refractivity contribution < 1.29 is 29.2 Å². The molecular weight excluding hydrogens is 672 g/mol. The smallest absolute Gasteiger partial charge is 0.182 e. The van der Waals surface area contributed by atoms with E-state index in [9.17, 15) is 10.2 Å². The minimum Gasteiger partial charge on any atom is -0.508 e. The maximum atomic E-state index is 10.1. The van der Waals surface area contributed by atoms with Crippen LogP contribution in [0.4, 0.5) is 0 Å². The number of aromatic amines is 2. The molecule has 0 aliphatic carbocycles. The van der Waals surface area contributed by atoms with Crippen LogP contribution in [0.2, 0.25) is 0 Å². The summed E-state index contributed by atoms with van der Waals surface area (Å²) >= 11 is 0. The number of hydrogen-bond donors (Lipinski definition) is 4. The van der Waals surface area contributed by atoms with Crippen LogP contribution in [0.3, 0.4) is 0 Å². The molecule has 4 N–H and O–H groups in total. The second kappa shape index (κ2) is 13.5. The number of methoxy groups -OCH3 is 4. The fourth-order valence-electron chi connectivity index (χ4n) is 6.87. The van der Waals surface area contributed by atoms with E-state index in [0.717, 1.165) is 82.9 Å². The van der Waals surface area contributed by atoms with E-state index < -0.39 is 0 Å². The second-order valence-corrected chi connectivity index (χ2v) is 13.0. The van der Waals surface area contributed by atoms with Crippen molar-refractivity contribution in [3.63, 3.8) is 0 Å². The molecule has 8 aromatic rings. The second-order valence-electron chi connectivity index (χ2n) is 13.0. The highest BCUT2D eigenvalue weighted by molar-refractivity contribution is 6.13. The molecule has 0 saturated heterocycles. The molecule has 0 saturated carbocycles. The van der Waals surface area contributed by atoms with Crippen molar-refractivity contribution in [2.24, 2.45) is 0 Å². The summed E-state index contributed by atoms with van der Waals surface area (Å²) in [5, 5.41) is 40.5. The Labute approximate surface area is 305 Å². The minimum atomic E-state index is 0.258. The fraction of sp³-hybridized carbons (Fsp3) is 0.220. The number of aromatic hydroxyl groups is 2. The first-order valence-electron chi connectivity index (χ1n) is 16.9. The summed E-state index contributed by atoms with van der Waals surface area (Å²) in [6, 6.07) is 17.1. The summed E-state index contributed by atoms with van der Waals surface area (Å²) < 4.78 is 22.0. The molecule has 0 bridgehead atoms. The van der Waals surface area contributed by atoms with Crippen molar-refractivity contribution in [2.75, 3.05) is 28.4 Å². The highest BCUT2D eigenvalue weighted by Crippen LogP contribution is 2.42. The van der Waals surface area contributed by atoms with Crippen LogP contribution < -0.4 is 18.9 Å². The van der Waals surface area contributed by atoms with Gasteiger partial charge in [0.1, 0.15) is 11.5 Å². The quantitative estimate of drug-likeness (QED) is 0.132. The lowest BCUT2D eigenvalue weighted by molar-refractivity contribution is 0.356. The number of aromatic nitrogens is 6. The molecule has 4 aromatic carbocycles. The average Bonchev–Trinajstić information content (AvgIpc) is 3.74.